The molecule has 0 amide bonds. The van der Waals surface area contributed by atoms with Crippen molar-refractivity contribution < 1.29 is 0 Å². The third kappa shape index (κ3) is 4.00. The van der Waals surface area contributed by atoms with Gasteiger partial charge in [0, 0.05) is 31.4 Å². The Morgan fingerprint density at radius 3 is 2.19 bits per heavy atom. The number of rotatable bonds is 4. The molecule has 2 fully saturated rings. The molecule has 1 aromatic carbocycles. The topological polar surface area (TPSA) is 15.3 Å². The van der Waals surface area contributed by atoms with Crippen molar-refractivity contribution in [3.8, 4) is 0 Å². The molecule has 2 nitrogen and oxygen atoms in total. The minimum absolute atomic E-state index is 0.710. The van der Waals surface area contributed by atoms with Crippen LogP contribution in [0, 0.1) is 11.8 Å². The molecule has 1 N–H and O–H groups in total. The van der Waals surface area contributed by atoms with E-state index >= 15 is 0 Å². The predicted octanol–water partition coefficient (Wildman–Crippen LogP) is 4.20. The lowest BCUT2D eigenvalue weighted by Gasteiger charge is -2.32. The number of nitrogens with zero attached hydrogens (tertiary/aromatic N) is 1. The van der Waals surface area contributed by atoms with Crippen LogP contribution in [0.5, 0.6) is 0 Å². The third-order valence-corrected chi connectivity index (χ3v) is 5.18. The first-order chi connectivity index (χ1) is 10.2. The zero-order valence-electron chi connectivity index (χ0n) is 13.6. The lowest BCUT2D eigenvalue weighted by atomic mass is 9.80. The van der Waals surface area contributed by atoms with Crippen LogP contribution >= 0.6 is 0 Å². The maximum Gasteiger partial charge on any atom is 0.0366 e. The Morgan fingerprint density at radius 1 is 0.952 bits per heavy atom. The van der Waals surface area contributed by atoms with E-state index in [0.717, 1.165) is 18.4 Å². The van der Waals surface area contributed by atoms with Gasteiger partial charge in [-0.15, -0.1) is 0 Å². The molecule has 2 heteroatoms. The molecule has 0 spiro atoms. The summed E-state index contributed by atoms with van der Waals surface area (Å²) in [5.74, 6) is 1.76. The summed E-state index contributed by atoms with van der Waals surface area (Å²) in [6, 6.07) is 9.91. The van der Waals surface area contributed by atoms with E-state index in [1.807, 2.05) is 0 Å². The molecular weight excluding hydrogens is 256 g/mol. The van der Waals surface area contributed by atoms with Gasteiger partial charge in [0.05, 0.1) is 0 Å². The van der Waals surface area contributed by atoms with E-state index < -0.39 is 0 Å². The zero-order chi connectivity index (χ0) is 14.7. The lowest BCUT2D eigenvalue weighted by Crippen LogP contribution is -2.35. The quantitative estimate of drug-likeness (QED) is 0.892. The van der Waals surface area contributed by atoms with Crippen LogP contribution in [0.25, 0.3) is 0 Å². The molecule has 2 aliphatic rings. The van der Waals surface area contributed by atoms with Crippen molar-refractivity contribution in [2.45, 2.75) is 58.5 Å². The maximum absolute atomic E-state index is 3.77. The molecule has 0 aromatic heterocycles. The van der Waals surface area contributed by atoms with E-state index in [9.17, 15) is 0 Å². The molecule has 3 rings (SSSR count). The number of hydrogen-bond acceptors (Lipinski definition) is 2. The van der Waals surface area contributed by atoms with Crippen LogP contribution in [0.4, 0.5) is 5.69 Å². The van der Waals surface area contributed by atoms with Crippen molar-refractivity contribution in [3.05, 3.63) is 29.8 Å². The Labute approximate surface area is 129 Å². The van der Waals surface area contributed by atoms with Gasteiger partial charge in [-0.3, -0.25) is 0 Å². The Bertz CT molecular complexity index is 423. The van der Waals surface area contributed by atoms with E-state index in [1.165, 1.54) is 56.4 Å². The smallest absolute Gasteiger partial charge is 0.0366 e. The fraction of sp³-hybridized carbons (Fsp3) is 0.684. The Morgan fingerprint density at radius 2 is 1.57 bits per heavy atom. The molecule has 1 saturated heterocycles. The first-order valence-corrected chi connectivity index (χ1v) is 8.78. The molecule has 1 heterocycles. The van der Waals surface area contributed by atoms with Crippen LogP contribution in [-0.2, 0) is 6.54 Å². The van der Waals surface area contributed by atoms with Crippen LogP contribution < -0.4 is 10.2 Å². The van der Waals surface area contributed by atoms with Crippen molar-refractivity contribution in [2.75, 3.05) is 18.0 Å². The highest BCUT2D eigenvalue weighted by Gasteiger charge is 2.23. The van der Waals surface area contributed by atoms with Crippen LogP contribution in [0.15, 0.2) is 24.3 Å². The average Bonchev–Trinajstić information content (AvgIpc) is 2.99. The van der Waals surface area contributed by atoms with Crippen molar-refractivity contribution in [3.63, 3.8) is 0 Å². The fourth-order valence-corrected chi connectivity index (χ4v) is 4.18. The maximum atomic E-state index is 3.77. The summed E-state index contributed by atoms with van der Waals surface area (Å²) in [6.07, 6.45) is 6.79. The van der Waals surface area contributed by atoms with Crippen molar-refractivity contribution >= 4 is 5.69 Å². The Hall–Kier alpha value is -1.02. The fourth-order valence-electron chi connectivity index (χ4n) is 4.18. The van der Waals surface area contributed by atoms with Crippen LogP contribution in [0.3, 0.4) is 0 Å². The molecule has 1 aromatic rings. The molecule has 1 saturated carbocycles. The van der Waals surface area contributed by atoms with Crippen LogP contribution in [0.2, 0.25) is 0 Å². The number of anilines is 1. The highest BCUT2D eigenvalue weighted by molar-refractivity contribution is 5.48. The largest absolute Gasteiger partial charge is 0.372 e. The normalized spacial score (nSPS) is 29.8. The van der Waals surface area contributed by atoms with E-state index in [0.29, 0.717) is 6.04 Å². The second kappa shape index (κ2) is 6.83. The molecule has 1 aliphatic carbocycles. The summed E-state index contributed by atoms with van der Waals surface area (Å²) in [4.78, 5) is 2.50. The molecule has 116 valence electrons. The highest BCUT2D eigenvalue weighted by Crippen LogP contribution is 2.28. The molecule has 2 unspecified atom stereocenters. The monoisotopic (exact) mass is 286 g/mol. The highest BCUT2D eigenvalue weighted by atomic mass is 15.1. The van der Waals surface area contributed by atoms with Gasteiger partial charge in [-0.25, -0.2) is 0 Å². The number of benzene rings is 1. The molecular formula is C19H30N2. The molecule has 0 bridgehead atoms. The van der Waals surface area contributed by atoms with E-state index in [1.54, 1.807) is 0 Å². The van der Waals surface area contributed by atoms with Gasteiger partial charge in [0.2, 0.25) is 0 Å². The number of hydrogen-bond donors (Lipinski definition) is 1. The zero-order valence-corrected chi connectivity index (χ0v) is 13.6. The van der Waals surface area contributed by atoms with Gasteiger partial charge in [0.1, 0.15) is 0 Å². The second-order valence-electron chi connectivity index (χ2n) is 7.36. The first kappa shape index (κ1) is 14.9. The molecule has 1 aliphatic heterocycles. The summed E-state index contributed by atoms with van der Waals surface area (Å²) >= 11 is 0. The molecule has 2 atom stereocenters. The standard InChI is InChI=1S/C19H30N2/c1-15-11-16(2)13-18(12-15)20-14-17-5-7-19(8-6-17)21-9-3-4-10-21/h5-8,15-16,18,20H,3-4,9-14H2,1-2H3. The van der Waals surface area contributed by atoms with Crippen molar-refractivity contribution in [1.29, 1.82) is 0 Å². The third-order valence-electron chi connectivity index (χ3n) is 5.18. The predicted molar refractivity (Wildman–Crippen MR) is 90.7 cm³/mol. The summed E-state index contributed by atoms with van der Waals surface area (Å²) in [7, 11) is 0. The minimum Gasteiger partial charge on any atom is -0.372 e. The molecule has 21 heavy (non-hydrogen) atoms. The van der Waals surface area contributed by atoms with Crippen molar-refractivity contribution in [1.82, 2.24) is 5.32 Å². The van der Waals surface area contributed by atoms with Gasteiger partial charge >= 0.3 is 0 Å². The summed E-state index contributed by atoms with van der Waals surface area (Å²) in [6.45, 7) is 8.28. The van der Waals surface area contributed by atoms with Crippen LogP contribution in [0.1, 0.15) is 51.5 Å². The number of nitrogens with one attached hydrogen (secondary N) is 1. The summed E-state index contributed by atoms with van der Waals surface area (Å²) < 4.78 is 0. The summed E-state index contributed by atoms with van der Waals surface area (Å²) in [5, 5.41) is 3.77. The summed E-state index contributed by atoms with van der Waals surface area (Å²) in [5.41, 5.74) is 2.82. The Balaban J connectivity index is 1.51. The van der Waals surface area contributed by atoms with Crippen molar-refractivity contribution in [2.24, 2.45) is 11.8 Å². The van der Waals surface area contributed by atoms with Gasteiger partial charge in [-0.1, -0.05) is 26.0 Å². The van der Waals surface area contributed by atoms with E-state index in [4.69, 9.17) is 0 Å². The van der Waals surface area contributed by atoms with E-state index in [2.05, 4.69) is 48.3 Å². The first-order valence-electron chi connectivity index (χ1n) is 8.78. The Kier molecular flexibility index (Phi) is 4.84. The lowest BCUT2D eigenvalue weighted by molar-refractivity contribution is 0.238. The van der Waals surface area contributed by atoms with E-state index in [-0.39, 0.29) is 0 Å². The van der Waals surface area contributed by atoms with Gasteiger partial charge in [0.25, 0.3) is 0 Å². The van der Waals surface area contributed by atoms with Gasteiger partial charge < -0.3 is 10.2 Å². The van der Waals surface area contributed by atoms with Gasteiger partial charge in [-0.2, -0.15) is 0 Å². The van der Waals surface area contributed by atoms with Crippen LogP contribution in [-0.4, -0.2) is 19.1 Å². The van der Waals surface area contributed by atoms with Gasteiger partial charge in [-0.05, 0) is 61.6 Å². The minimum atomic E-state index is 0.710. The SMILES string of the molecule is CC1CC(C)CC(NCc2ccc(N3CCCC3)cc2)C1. The van der Waals surface area contributed by atoms with Gasteiger partial charge in [0.15, 0.2) is 0 Å². The average molecular weight is 286 g/mol. The molecule has 0 radical (unpaired) electrons. The second-order valence-corrected chi connectivity index (χ2v) is 7.36.